The van der Waals surface area contributed by atoms with Crippen LogP contribution in [-0.2, 0) is 0 Å². The van der Waals surface area contributed by atoms with Crippen molar-refractivity contribution in [3.63, 3.8) is 0 Å². The van der Waals surface area contributed by atoms with Crippen LogP contribution in [0.15, 0.2) is 60.7 Å². The maximum absolute atomic E-state index is 12.6. The Morgan fingerprint density at radius 2 is 1.88 bits per heavy atom. The van der Waals surface area contributed by atoms with Crippen LogP contribution in [0.25, 0.3) is 20.8 Å². The minimum atomic E-state index is -0.515. The summed E-state index contributed by atoms with van der Waals surface area (Å²) >= 11 is 6.91. The number of thiocarbonyl (C=S) groups is 1. The lowest BCUT2D eigenvalue weighted by Crippen LogP contribution is -2.34. The second-order valence-electron chi connectivity index (χ2n) is 7.13. The first kappa shape index (κ1) is 21.5. The first-order valence-corrected chi connectivity index (χ1v) is 10.9. The number of nitrogens with one attached hydrogen (secondary N) is 2. The minimum absolute atomic E-state index is 0.108. The molecule has 2 N–H and O–H groups in total. The molecular formula is C23H18N4O3S2. The van der Waals surface area contributed by atoms with Gasteiger partial charge in [-0.25, -0.2) is 4.98 Å². The van der Waals surface area contributed by atoms with Crippen LogP contribution in [0.3, 0.4) is 0 Å². The fourth-order valence-electron chi connectivity index (χ4n) is 3.32. The van der Waals surface area contributed by atoms with Gasteiger partial charge in [0.1, 0.15) is 5.01 Å². The number of hydrogen-bond acceptors (Lipinski definition) is 6. The molecule has 1 heterocycles. The van der Waals surface area contributed by atoms with Crippen LogP contribution in [0, 0.1) is 24.0 Å². The van der Waals surface area contributed by atoms with Crippen molar-refractivity contribution in [1.82, 2.24) is 10.3 Å². The summed E-state index contributed by atoms with van der Waals surface area (Å²) in [6, 6.07) is 18.2. The third kappa shape index (κ3) is 4.34. The highest BCUT2D eigenvalue weighted by Gasteiger charge is 2.19. The Labute approximate surface area is 193 Å². The summed E-state index contributed by atoms with van der Waals surface area (Å²) in [6.07, 6.45) is 0. The Kier molecular flexibility index (Phi) is 5.93. The number of aryl methyl sites for hydroxylation is 1. The summed E-state index contributed by atoms with van der Waals surface area (Å²) in [4.78, 5) is 27.9. The molecule has 1 aromatic heterocycles. The van der Waals surface area contributed by atoms with Gasteiger partial charge in [0, 0.05) is 28.4 Å². The van der Waals surface area contributed by atoms with Gasteiger partial charge >= 0.3 is 0 Å². The molecule has 7 nitrogen and oxygen atoms in total. The molecule has 1 amide bonds. The van der Waals surface area contributed by atoms with Crippen molar-refractivity contribution >= 4 is 56.2 Å². The number of anilines is 1. The Morgan fingerprint density at radius 3 is 2.59 bits per heavy atom. The van der Waals surface area contributed by atoms with E-state index in [-0.39, 0.29) is 21.9 Å². The molecule has 4 aromatic rings. The van der Waals surface area contributed by atoms with Crippen molar-refractivity contribution in [2.24, 2.45) is 0 Å². The van der Waals surface area contributed by atoms with Gasteiger partial charge in [-0.1, -0.05) is 18.2 Å². The molecule has 0 atom stereocenters. The van der Waals surface area contributed by atoms with E-state index in [0.717, 1.165) is 32.0 Å². The number of rotatable bonds is 4. The number of carbonyl (C=O) groups excluding carboxylic acids is 1. The minimum Gasteiger partial charge on any atom is -0.332 e. The van der Waals surface area contributed by atoms with Gasteiger partial charge in [-0.2, -0.15) is 0 Å². The SMILES string of the molecule is Cc1cc(-c2nc3ccccc3s2)ccc1NC(=S)NC(=O)c1cccc([N+](=O)[O-])c1C. The molecule has 4 rings (SSSR count). The van der Waals surface area contributed by atoms with E-state index < -0.39 is 10.8 Å². The van der Waals surface area contributed by atoms with Crippen LogP contribution in [0.2, 0.25) is 0 Å². The molecule has 0 bridgehead atoms. The van der Waals surface area contributed by atoms with Crippen molar-refractivity contribution in [2.45, 2.75) is 13.8 Å². The molecule has 0 saturated heterocycles. The molecule has 0 unspecified atom stereocenters. The number of aromatic nitrogens is 1. The molecule has 160 valence electrons. The van der Waals surface area contributed by atoms with E-state index in [1.807, 2.05) is 49.4 Å². The molecule has 3 aromatic carbocycles. The predicted molar refractivity (Wildman–Crippen MR) is 131 cm³/mol. The molecule has 0 spiro atoms. The van der Waals surface area contributed by atoms with Gasteiger partial charge in [-0.3, -0.25) is 20.2 Å². The number of amides is 1. The van der Waals surface area contributed by atoms with Crippen LogP contribution in [0.1, 0.15) is 21.5 Å². The Balaban J connectivity index is 1.48. The number of nitro benzene ring substituents is 1. The lowest BCUT2D eigenvalue weighted by atomic mass is 10.1. The lowest BCUT2D eigenvalue weighted by molar-refractivity contribution is -0.385. The Hall–Kier alpha value is -3.69. The van der Waals surface area contributed by atoms with Gasteiger partial charge in [0.25, 0.3) is 11.6 Å². The monoisotopic (exact) mass is 462 g/mol. The number of nitro groups is 1. The van der Waals surface area contributed by atoms with Crippen LogP contribution >= 0.6 is 23.6 Å². The van der Waals surface area contributed by atoms with Gasteiger partial charge < -0.3 is 5.32 Å². The maximum atomic E-state index is 12.6. The molecule has 9 heteroatoms. The van der Waals surface area contributed by atoms with E-state index in [1.54, 1.807) is 11.3 Å². The average molecular weight is 463 g/mol. The smallest absolute Gasteiger partial charge is 0.273 e. The second kappa shape index (κ2) is 8.81. The fraction of sp³-hybridized carbons (Fsp3) is 0.0870. The lowest BCUT2D eigenvalue weighted by Gasteiger charge is -2.13. The average Bonchev–Trinajstić information content (AvgIpc) is 3.19. The van der Waals surface area contributed by atoms with Crippen molar-refractivity contribution in [3.05, 3.63) is 87.5 Å². The van der Waals surface area contributed by atoms with E-state index in [1.165, 1.54) is 25.1 Å². The van der Waals surface area contributed by atoms with E-state index >= 15 is 0 Å². The number of nitrogens with zero attached hydrogens (tertiary/aromatic N) is 2. The van der Waals surface area contributed by atoms with Crippen molar-refractivity contribution in [2.75, 3.05) is 5.32 Å². The van der Waals surface area contributed by atoms with Crippen LogP contribution < -0.4 is 10.6 Å². The molecular weight excluding hydrogens is 444 g/mol. The molecule has 0 radical (unpaired) electrons. The van der Waals surface area contributed by atoms with Gasteiger partial charge in [-0.15, -0.1) is 11.3 Å². The van der Waals surface area contributed by atoms with E-state index in [9.17, 15) is 14.9 Å². The van der Waals surface area contributed by atoms with Crippen molar-refractivity contribution in [1.29, 1.82) is 0 Å². The molecule has 0 aliphatic rings. The number of thiazole rings is 1. The number of benzene rings is 3. The first-order valence-electron chi connectivity index (χ1n) is 9.66. The molecule has 0 aliphatic heterocycles. The molecule has 0 saturated carbocycles. The number of carbonyl (C=O) groups is 1. The van der Waals surface area contributed by atoms with E-state index in [2.05, 4.69) is 15.6 Å². The van der Waals surface area contributed by atoms with Crippen LogP contribution in [0.5, 0.6) is 0 Å². The molecule has 0 aliphatic carbocycles. The van der Waals surface area contributed by atoms with Gasteiger partial charge in [0.15, 0.2) is 5.11 Å². The van der Waals surface area contributed by atoms with Gasteiger partial charge in [-0.05, 0) is 68.0 Å². The summed E-state index contributed by atoms with van der Waals surface area (Å²) in [5.41, 5.74) is 4.02. The van der Waals surface area contributed by atoms with E-state index in [0.29, 0.717) is 0 Å². The number of fused-ring (bicyclic) bond motifs is 1. The second-order valence-corrected chi connectivity index (χ2v) is 8.57. The third-order valence-corrected chi connectivity index (χ3v) is 6.28. The molecule has 0 fully saturated rings. The fourth-order valence-corrected chi connectivity index (χ4v) is 4.49. The highest BCUT2D eigenvalue weighted by Crippen LogP contribution is 2.32. The zero-order chi connectivity index (χ0) is 22.8. The highest BCUT2D eigenvalue weighted by molar-refractivity contribution is 7.80. The van der Waals surface area contributed by atoms with Crippen LogP contribution in [0.4, 0.5) is 11.4 Å². The van der Waals surface area contributed by atoms with Crippen molar-refractivity contribution < 1.29 is 9.72 Å². The Bertz CT molecular complexity index is 1350. The third-order valence-electron chi connectivity index (χ3n) is 4.99. The zero-order valence-electron chi connectivity index (χ0n) is 17.2. The molecule has 32 heavy (non-hydrogen) atoms. The summed E-state index contributed by atoms with van der Waals surface area (Å²) < 4.78 is 1.13. The largest absolute Gasteiger partial charge is 0.332 e. The zero-order valence-corrected chi connectivity index (χ0v) is 18.8. The highest BCUT2D eigenvalue weighted by atomic mass is 32.1. The van der Waals surface area contributed by atoms with Gasteiger partial charge in [0.05, 0.1) is 15.1 Å². The van der Waals surface area contributed by atoms with Gasteiger partial charge in [0.2, 0.25) is 0 Å². The van der Waals surface area contributed by atoms with E-state index in [4.69, 9.17) is 12.2 Å². The van der Waals surface area contributed by atoms with Crippen LogP contribution in [-0.4, -0.2) is 20.9 Å². The summed E-state index contributed by atoms with van der Waals surface area (Å²) in [5.74, 6) is -0.507. The number of hydrogen-bond donors (Lipinski definition) is 2. The quantitative estimate of drug-likeness (QED) is 0.232. The summed E-state index contributed by atoms with van der Waals surface area (Å²) in [7, 11) is 0. The van der Waals surface area contributed by atoms with Crippen molar-refractivity contribution in [3.8, 4) is 10.6 Å². The predicted octanol–water partition coefficient (Wildman–Crippen LogP) is 5.62. The standard InChI is InChI=1S/C23H18N4O3S2/c1-13-12-15(22-24-18-7-3-4-9-20(18)32-22)10-11-17(13)25-23(31)26-21(28)16-6-5-8-19(14(16)2)27(29)30/h3-12H,1-2H3,(H2,25,26,28,31). The number of para-hydroxylation sites is 1. The normalized spacial score (nSPS) is 10.7. The first-order chi connectivity index (χ1) is 15.3. The summed E-state index contributed by atoms with van der Waals surface area (Å²) in [6.45, 7) is 3.47. The maximum Gasteiger partial charge on any atom is 0.273 e. The summed E-state index contributed by atoms with van der Waals surface area (Å²) in [5, 5.41) is 17.8. The Morgan fingerprint density at radius 1 is 1.09 bits per heavy atom. The topological polar surface area (TPSA) is 97.2 Å².